The fourth-order valence-corrected chi connectivity index (χ4v) is 2.83. The Balaban J connectivity index is 1.67. The second-order valence-corrected chi connectivity index (χ2v) is 6.13. The molecule has 1 N–H and O–H groups in total. The Hall–Kier alpha value is -2.67. The Morgan fingerprint density at radius 2 is 1.88 bits per heavy atom. The van der Waals surface area contributed by atoms with Crippen molar-refractivity contribution in [1.29, 1.82) is 0 Å². The fraction of sp³-hybridized carbons (Fsp3) is 0.421. The van der Waals surface area contributed by atoms with Gasteiger partial charge in [-0.3, -0.25) is 4.79 Å². The van der Waals surface area contributed by atoms with E-state index in [-0.39, 0.29) is 11.9 Å². The third-order valence-corrected chi connectivity index (χ3v) is 4.41. The maximum Gasteiger partial charge on any atom is 0.320 e. The second-order valence-electron chi connectivity index (χ2n) is 6.13. The molecule has 26 heavy (non-hydrogen) atoms. The summed E-state index contributed by atoms with van der Waals surface area (Å²) in [7, 11) is 3.04. The summed E-state index contributed by atoms with van der Waals surface area (Å²) in [5, 5.41) is 3.00. The molecule has 0 bridgehead atoms. The number of hydrogen-bond donors (Lipinski definition) is 1. The van der Waals surface area contributed by atoms with Crippen LogP contribution >= 0.6 is 0 Å². The summed E-state index contributed by atoms with van der Waals surface area (Å²) in [5.41, 5.74) is 2.14. The molecule has 2 heterocycles. The zero-order chi connectivity index (χ0) is 18.4. The molecule has 0 atom stereocenters. The van der Waals surface area contributed by atoms with E-state index in [0.717, 1.165) is 31.6 Å². The molecule has 2 aromatic rings. The molecule has 1 saturated heterocycles. The molecule has 0 spiro atoms. The van der Waals surface area contributed by atoms with Gasteiger partial charge in [0.15, 0.2) is 0 Å². The predicted octanol–water partition coefficient (Wildman–Crippen LogP) is 2.32. The van der Waals surface area contributed by atoms with Gasteiger partial charge >= 0.3 is 6.01 Å². The number of methoxy groups -OCH3 is 2. The van der Waals surface area contributed by atoms with Crippen molar-refractivity contribution in [2.45, 2.75) is 12.8 Å². The topological polar surface area (TPSA) is 82.6 Å². The Morgan fingerprint density at radius 1 is 1.15 bits per heavy atom. The lowest BCUT2D eigenvalue weighted by molar-refractivity contribution is 0.0642. The maximum atomic E-state index is 12.3. The van der Waals surface area contributed by atoms with Gasteiger partial charge in [0, 0.05) is 37.0 Å². The number of aromatic nitrogens is 2. The number of ether oxygens (including phenoxy) is 3. The van der Waals surface area contributed by atoms with Crippen molar-refractivity contribution in [3.63, 3.8) is 0 Å². The van der Waals surface area contributed by atoms with Crippen molar-refractivity contribution in [2.75, 3.05) is 34.0 Å². The zero-order valence-corrected chi connectivity index (χ0v) is 15.0. The zero-order valence-electron chi connectivity index (χ0n) is 15.0. The highest BCUT2D eigenvalue weighted by Crippen LogP contribution is 2.23. The van der Waals surface area contributed by atoms with E-state index in [4.69, 9.17) is 14.2 Å². The van der Waals surface area contributed by atoms with E-state index in [1.807, 2.05) is 12.1 Å². The summed E-state index contributed by atoms with van der Waals surface area (Å²) in [6.07, 6.45) is 1.99. The maximum absolute atomic E-state index is 12.3. The van der Waals surface area contributed by atoms with Crippen LogP contribution in [0.2, 0.25) is 0 Å². The second kappa shape index (κ2) is 8.62. The quantitative estimate of drug-likeness (QED) is 0.854. The van der Waals surface area contributed by atoms with Gasteiger partial charge < -0.3 is 19.5 Å². The summed E-state index contributed by atoms with van der Waals surface area (Å²) in [5.74, 6) is 0.846. The van der Waals surface area contributed by atoms with Crippen LogP contribution in [0.1, 0.15) is 23.2 Å². The number of benzene rings is 1. The first-order valence-corrected chi connectivity index (χ1v) is 8.63. The number of hydrogen-bond acceptors (Lipinski definition) is 6. The van der Waals surface area contributed by atoms with Crippen LogP contribution in [0.15, 0.2) is 30.3 Å². The Bertz CT molecular complexity index is 721. The van der Waals surface area contributed by atoms with Gasteiger partial charge in [-0.1, -0.05) is 12.1 Å². The lowest BCUT2D eigenvalue weighted by atomic mass is 10.0. The van der Waals surface area contributed by atoms with Crippen LogP contribution in [0.3, 0.4) is 0 Å². The third kappa shape index (κ3) is 4.49. The van der Waals surface area contributed by atoms with Crippen molar-refractivity contribution < 1.29 is 19.0 Å². The van der Waals surface area contributed by atoms with Crippen LogP contribution in [0.25, 0.3) is 11.3 Å². The predicted molar refractivity (Wildman–Crippen MR) is 96.4 cm³/mol. The Morgan fingerprint density at radius 3 is 2.54 bits per heavy atom. The van der Waals surface area contributed by atoms with E-state index in [1.165, 1.54) is 14.2 Å². The van der Waals surface area contributed by atoms with Crippen LogP contribution in [0.5, 0.6) is 11.9 Å². The molecular weight excluding hydrogens is 334 g/mol. The number of amides is 1. The molecule has 1 amide bonds. The van der Waals surface area contributed by atoms with Gasteiger partial charge in [-0.05, 0) is 30.9 Å². The van der Waals surface area contributed by atoms with Crippen LogP contribution < -0.4 is 14.8 Å². The van der Waals surface area contributed by atoms with Crippen molar-refractivity contribution >= 4 is 5.91 Å². The van der Waals surface area contributed by atoms with Crippen molar-refractivity contribution in [3.8, 4) is 23.1 Å². The molecule has 1 aliphatic heterocycles. The van der Waals surface area contributed by atoms with Gasteiger partial charge in [-0.2, -0.15) is 9.97 Å². The number of carbonyl (C=O) groups is 1. The molecule has 1 aromatic heterocycles. The normalized spacial score (nSPS) is 14.7. The van der Waals surface area contributed by atoms with E-state index in [9.17, 15) is 4.79 Å². The van der Waals surface area contributed by atoms with Gasteiger partial charge in [0.1, 0.15) is 0 Å². The molecule has 1 fully saturated rings. The van der Waals surface area contributed by atoms with Gasteiger partial charge in [0.05, 0.1) is 19.9 Å². The monoisotopic (exact) mass is 357 g/mol. The molecule has 1 aliphatic rings. The number of nitrogens with one attached hydrogen (secondary N) is 1. The number of rotatable bonds is 6. The SMILES string of the molecule is COc1cc(-c2ccc(C(=O)NCC3CCOCC3)cc2)nc(OC)n1. The van der Waals surface area contributed by atoms with Crippen molar-refractivity contribution in [3.05, 3.63) is 35.9 Å². The van der Waals surface area contributed by atoms with E-state index in [2.05, 4.69) is 15.3 Å². The molecule has 0 aliphatic carbocycles. The standard InChI is InChI=1S/C19H23N3O4/c1-24-17-11-16(21-19(22-17)25-2)14-3-5-15(6-4-14)18(23)20-12-13-7-9-26-10-8-13/h3-6,11,13H,7-10,12H2,1-2H3,(H,20,23). The molecule has 0 unspecified atom stereocenters. The largest absolute Gasteiger partial charge is 0.481 e. The fourth-order valence-electron chi connectivity index (χ4n) is 2.83. The van der Waals surface area contributed by atoms with Crippen LogP contribution in [0.4, 0.5) is 0 Å². The average molecular weight is 357 g/mol. The van der Waals surface area contributed by atoms with Gasteiger partial charge in [-0.15, -0.1) is 0 Å². The molecule has 3 rings (SSSR count). The Labute approximate surface area is 152 Å². The first-order valence-electron chi connectivity index (χ1n) is 8.63. The lowest BCUT2D eigenvalue weighted by Gasteiger charge is -2.22. The molecule has 1 aromatic carbocycles. The summed E-state index contributed by atoms with van der Waals surface area (Å²) < 4.78 is 15.6. The minimum Gasteiger partial charge on any atom is -0.481 e. The van der Waals surface area contributed by atoms with Crippen LogP contribution in [0, 0.1) is 5.92 Å². The highest BCUT2D eigenvalue weighted by molar-refractivity contribution is 5.94. The van der Waals surface area contributed by atoms with E-state index in [1.54, 1.807) is 18.2 Å². The Kier molecular flexibility index (Phi) is 6.01. The first-order chi connectivity index (χ1) is 12.7. The highest BCUT2D eigenvalue weighted by atomic mass is 16.5. The highest BCUT2D eigenvalue weighted by Gasteiger charge is 2.15. The third-order valence-electron chi connectivity index (χ3n) is 4.41. The van der Waals surface area contributed by atoms with Gasteiger partial charge in [0.2, 0.25) is 5.88 Å². The molecule has 0 radical (unpaired) electrons. The number of nitrogens with zero attached hydrogens (tertiary/aromatic N) is 2. The molecular formula is C19H23N3O4. The summed E-state index contributed by atoms with van der Waals surface area (Å²) in [6, 6.07) is 9.24. The molecule has 7 nitrogen and oxygen atoms in total. The van der Waals surface area contributed by atoms with Crippen molar-refractivity contribution in [1.82, 2.24) is 15.3 Å². The van der Waals surface area contributed by atoms with E-state index >= 15 is 0 Å². The van der Waals surface area contributed by atoms with Crippen molar-refractivity contribution in [2.24, 2.45) is 5.92 Å². The van der Waals surface area contributed by atoms with Gasteiger partial charge in [-0.25, -0.2) is 0 Å². The van der Waals surface area contributed by atoms with Crippen LogP contribution in [-0.4, -0.2) is 49.9 Å². The van der Waals surface area contributed by atoms with E-state index in [0.29, 0.717) is 29.6 Å². The summed E-state index contributed by atoms with van der Waals surface area (Å²) >= 11 is 0. The minimum atomic E-state index is -0.0686. The smallest absolute Gasteiger partial charge is 0.320 e. The first kappa shape index (κ1) is 18.1. The average Bonchev–Trinajstić information content (AvgIpc) is 2.72. The van der Waals surface area contributed by atoms with E-state index < -0.39 is 0 Å². The summed E-state index contributed by atoms with van der Waals surface area (Å²) in [4.78, 5) is 20.7. The van der Waals surface area contributed by atoms with Crippen LogP contribution in [-0.2, 0) is 4.74 Å². The van der Waals surface area contributed by atoms with Gasteiger partial charge in [0.25, 0.3) is 5.91 Å². The lowest BCUT2D eigenvalue weighted by Crippen LogP contribution is -2.32. The summed E-state index contributed by atoms with van der Waals surface area (Å²) in [6.45, 7) is 2.24. The number of carbonyl (C=O) groups excluding carboxylic acids is 1. The molecule has 7 heteroatoms. The minimum absolute atomic E-state index is 0.0686. The molecule has 0 saturated carbocycles. The molecule has 138 valence electrons.